The summed E-state index contributed by atoms with van der Waals surface area (Å²) in [4.78, 5) is 23.5. The Morgan fingerprint density at radius 2 is 1.89 bits per heavy atom. The summed E-state index contributed by atoms with van der Waals surface area (Å²) in [5.74, 6) is -1.84. The highest BCUT2D eigenvalue weighted by Crippen LogP contribution is 1.90. The van der Waals surface area contributed by atoms with Crippen LogP contribution in [0.2, 0.25) is 0 Å². The van der Waals surface area contributed by atoms with Crippen LogP contribution >= 0.6 is 0 Å². The Morgan fingerprint density at radius 3 is 2.00 bits per heavy atom. The molecule has 0 aromatic rings. The highest BCUT2D eigenvalue weighted by molar-refractivity contribution is 5.73. The van der Waals surface area contributed by atoms with Crippen LogP contribution in [0.4, 0.5) is 4.48 Å². The molecule has 0 heterocycles. The van der Waals surface area contributed by atoms with Gasteiger partial charge in [0.1, 0.15) is 0 Å². The van der Waals surface area contributed by atoms with Crippen molar-refractivity contribution >= 4 is 11.9 Å². The average Bonchev–Trinajstić information content (AvgIpc) is 1.63. The molecular weight excluding hydrogens is 129 g/mol. The van der Waals surface area contributed by atoms with Crippen molar-refractivity contribution in [2.24, 2.45) is 0 Å². The number of hydrogen-bond acceptors (Lipinski definition) is 3. The van der Waals surface area contributed by atoms with Gasteiger partial charge in [0.15, 0.2) is 0 Å². The molecule has 1 amide bonds. The van der Waals surface area contributed by atoms with E-state index in [9.17, 15) is 14.1 Å². The highest BCUT2D eigenvalue weighted by Gasteiger charge is 2.09. The third kappa shape index (κ3) is 3.45. The van der Waals surface area contributed by atoms with Crippen molar-refractivity contribution in [3.05, 3.63) is 0 Å². The minimum Gasteiger partial charge on any atom is -0.308 e. The number of amides is 1. The first-order valence-electron chi connectivity index (χ1n) is 2.19. The lowest BCUT2D eigenvalue weighted by Crippen LogP contribution is -2.22. The normalized spacial score (nSPS) is 8.33. The fourth-order valence-corrected chi connectivity index (χ4v) is 0.177. The highest BCUT2D eigenvalue weighted by atomic mass is 19.2. The van der Waals surface area contributed by atoms with E-state index in [0.29, 0.717) is 0 Å². The summed E-state index contributed by atoms with van der Waals surface area (Å²) >= 11 is 0. The summed E-state index contributed by atoms with van der Waals surface area (Å²) in [5, 5.41) is -0.623. The number of hydrogen-bond donors (Lipinski definition) is 0. The average molecular weight is 135 g/mol. The van der Waals surface area contributed by atoms with Crippen LogP contribution in [-0.4, -0.2) is 17.2 Å². The van der Waals surface area contributed by atoms with Gasteiger partial charge in [-0.1, -0.05) is 4.48 Å². The summed E-state index contributed by atoms with van der Waals surface area (Å²) in [5.41, 5.74) is 0. The minimum atomic E-state index is -0.967. The first-order valence-corrected chi connectivity index (χ1v) is 2.19. The van der Waals surface area contributed by atoms with E-state index in [1.165, 1.54) is 0 Å². The molecular formula is C4H6FNO3. The van der Waals surface area contributed by atoms with E-state index in [1.807, 2.05) is 0 Å². The number of halogens is 1. The third-order valence-electron chi connectivity index (χ3n) is 0.456. The van der Waals surface area contributed by atoms with E-state index in [0.717, 1.165) is 13.8 Å². The molecule has 0 aliphatic heterocycles. The van der Waals surface area contributed by atoms with Gasteiger partial charge in [-0.05, 0) is 0 Å². The fourth-order valence-electron chi connectivity index (χ4n) is 0.177. The molecule has 52 valence electrons. The Kier molecular flexibility index (Phi) is 2.63. The summed E-state index contributed by atoms with van der Waals surface area (Å²) in [6.07, 6.45) is 0. The predicted molar refractivity (Wildman–Crippen MR) is 25.4 cm³/mol. The van der Waals surface area contributed by atoms with Crippen LogP contribution < -0.4 is 0 Å². The van der Waals surface area contributed by atoms with Gasteiger partial charge >= 0.3 is 5.97 Å². The molecule has 0 aliphatic carbocycles. The molecule has 0 bridgehead atoms. The van der Waals surface area contributed by atoms with Gasteiger partial charge < -0.3 is 4.84 Å². The lowest BCUT2D eigenvalue weighted by molar-refractivity contribution is -0.250. The standard InChI is InChI=1S/C4H6FNO3/c1-3(7)6(5)9-4(2)8/h1-2H3. The van der Waals surface area contributed by atoms with E-state index in [4.69, 9.17) is 0 Å². The molecule has 0 saturated carbocycles. The van der Waals surface area contributed by atoms with Crippen molar-refractivity contribution in [1.29, 1.82) is 0 Å². The van der Waals surface area contributed by atoms with E-state index < -0.39 is 17.2 Å². The monoisotopic (exact) mass is 135 g/mol. The van der Waals surface area contributed by atoms with Crippen LogP contribution in [0.3, 0.4) is 0 Å². The largest absolute Gasteiger partial charge is 0.332 e. The third-order valence-corrected chi connectivity index (χ3v) is 0.456. The Balaban J connectivity index is 3.63. The summed E-state index contributed by atoms with van der Waals surface area (Å²) in [6.45, 7) is 1.93. The first kappa shape index (κ1) is 7.87. The zero-order valence-corrected chi connectivity index (χ0v) is 5.05. The number of rotatable bonds is 0. The molecule has 5 heteroatoms. The first-order chi connectivity index (χ1) is 4.04. The number of nitrogens with zero attached hydrogens (tertiary/aromatic N) is 1. The van der Waals surface area contributed by atoms with Crippen molar-refractivity contribution in [3.63, 3.8) is 0 Å². The van der Waals surface area contributed by atoms with Gasteiger partial charge in [-0.3, -0.25) is 4.79 Å². The molecule has 9 heavy (non-hydrogen) atoms. The van der Waals surface area contributed by atoms with Crippen molar-refractivity contribution in [3.8, 4) is 0 Å². The lowest BCUT2D eigenvalue weighted by Gasteiger charge is -2.04. The van der Waals surface area contributed by atoms with Crippen LogP contribution in [0.5, 0.6) is 0 Å². The Hall–Kier alpha value is -1.13. The van der Waals surface area contributed by atoms with Crippen LogP contribution in [0.15, 0.2) is 0 Å². The van der Waals surface area contributed by atoms with Gasteiger partial charge in [0.2, 0.25) is 0 Å². The molecule has 0 fully saturated rings. The number of carbonyl (C=O) groups excluding carboxylic acids is 2. The number of hydroxylamine groups is 1. The molecule has 4 nitrogen and oxygen atoms in total. The molecule has 0 spiro atoms. The Labute approximate surface area is 51.1 Å². The molecule has 0 aliphatic rings. The van der Waals surface area contributed by atoms with Crippen molar-refractivity contribution in [2.75, 3.05) is 0 Å². The second kappa shape index (κ2) is 3.01. The molecule has 0 N–H and O–H groups in total. The lowest BCUT2D eigenvalue weighted by atomic mass is 10.8. The maximum atomic E-state index is 11.8. The van der Waals surface area contributed by atoms with Crippen molar-refractivity contribution in [1.82, 2.24) is 5.29 Å². The molecule has 0 atom stereocenters. The van der Waals surface area contributed by atoms with Crippen LogP contribution in [0, 0.1) is 0 Å². The zero-order chi connectivity index (χ0) is 7.44. The van der Waals surface area contributed by atoms with Crippen LogP contribution in [0.25, 0.3) is 0 Å². The maximum absolute atomic E-state index is 11.8. The van der Waals surface area contributed by atoms with Crippen molar-refractivity contribution < 1.29 is 18.9 Å². The quantitative estimate of drug-likeness (QED) is 0.352. The molecule has 0 saturated heterocycles. The van der Waals surface area contributed by atoms with Crippen LogP contribution in [-0.2, 0) is 14.4 Å². The van der Waals surface area contributed by atoms with E-state index >= 15 is 0 Å². The van der Waals surface area contributed by atoms with Gasteiger partial charge in [0, 0.05) is 19.1 Å². The van der Waals surface area contributed by atoms with E-state index in [-0.39, 0.29) is 0 Å². The van der Waals surface area contributed by atoms with Crippen LogP contribution in [0.1, 0.15) is 13.8 Å². The van der Waals surface area contributed by atoms with Gasteiger partial charge in [-0.15, -0.1) is 0 Å². The van der Waals surface area contributed by atoms with E-state index in [1.54, 1.807) is 0 Å². The Bertz CT molecular complexity index is 136. The molecule has 0 unspecified atom stereocenters. The summed E-state index contributed by atoms with van der Waals surface area (Å²) in [6, 6.07) is 0. The predicted octanol–water partition coefficient (Wildman–Crippen LogP) is 0.198. The molecule has 0 rings (SSSR count). The second-order valence-electron chi connectivity index (χ2n) is 1.35. The van der Waals surface area contributed by atoms with Crippen molar-refractivity contribution in [2.45, 2.75) is 13.8 Å². The van der Waals surface area contributed by atoms with Gasteiger partial charge in [0.25, 0.3) is 5.91 Å². The summed E-state index contributed by atoms with van der Waals surface area (Å²) in [7, 11) is 0. The molecule has 0 radical (unpaired) electrons. The molecule has 0 aromatic carbocycles. The van der Waals surface area contributed by atoms with E-state index in [2.05, 4.69) is 4.84 Å². The molecule has 0 aromatic heterocycles. The number of carbonyl (C=O) groups is 2. The fraction of sp³-hybridized carbons (Fsp3) is 0.500. The van der Waals surface area contributed by atoms with Gasteiger partial charge in [-0.25, -0.2) is 4.79 Å². The van der Waals surface area contributed by atoms with Gasteiger partial charge in [0.05, 0.1) is 0 Å². The maximum Gasteiger partial charge on any atom is 0.332 e. The zero-order valence-electron chi connectivity index (χ0n) is 5.05. The second-order valence-corrected chi connectivity index (χ2v) is 1.35. The SMILES string of the molecule is CC(=O)ON(F)C(C)=O. The topological polar surface area (TPSA) is 46.6 Å². The minimum absolute atomic E-state index is 0.623. The smallest absolute Gasteiger partial charge is 0.308 e. The Morgan fingerprint density at radius 1 is 1.44 bits per heavy atom. The van der Waals surface area contributed by atoms with Gasteiger partial charge in [-0.2, -0.15) is 0 Å². The summed E-state index contributed by atoms with van der Waals surface area (Å²) < 4.78 is 11.8.